The molecule has 3 aromatic carbocycles. The number of halogens is 1. The molecule has 0 fully saturated rings. The van der Waals surface area contributed by atoms with Gasteiger partial charge >= 0.3 is 0 Å². The van der Waals surface area contributed by atoms with E-state index in [1.54, 1.807) is 30.5 Å². The molecule has 5 rings (SSSR count). The lowest BCUT2D eigenvalue weighted by Crippen LogP contribution is -2.19. The first kappa shape index (κ1) is 18.9. The van der Waals surface area contributed by atoms with Gasteiger partial charge in [-0.2, -0.15) is 0 Å². The van der Waals surface area contributed by atoms with E-state index in [2.05, 4.69) is 16.0 Å². The molecule has 5 nitrogen and oxygen atoms in total. The van der Waals surface area contributed by atoms with Crippen molar-refractivity contribution in [2.24, 2.45) is 0 Å². The Kier molecular flexibility index (Phi) is 4.67. The molecule has 152 valence electrons. The second-order valence-electron chi connectivity index (χ2n) is 7.39. The third kappa shape index (κ3) is 3.53. The molecule has 0 aliphatic carbocycles. The molecule has 0 aliphatic heterocycles. The number of phenols is 1. The summed E-state index contributed by atoms with van der Waals surface area (Å²) in [5, 5.41) is 12.0. The van der Waals surface area contributed by atoms with Crippen molar-refractivity contribution in [2.45, 2.75) is 6.54 Å². The average Bonchev–Trinajstić information content (AvgIpc) is 2.79. The Morgan fingerprint density at radius 1 is 0.871 bits per heavy atom. The topological polar surface area (TPSA) is 62.1 Å². The van der Waals surface area contributed by atoms with Crippen LogP contribution in [0.15, 0.2) is 79.0 Å². The number of phenolic OH excluding ortho intramolecular Hbond substituents is 1. The van der Waals surface area contributed by atoms with Crippen LogP contribution in [0.4, 0.5) is 10.2 Å². The highest BCUT2D eigenvalue weighted by molar-refractivity contribution is 5.91. The molecule has 0 radical (unpaired) electrons. The fourth-order valence-corrected chi connectivity index (χ4v) is 3.79. The van der Waals surface area contributed by atoms with Crippen LogP contribution in [-0.2, 0) is 6.54 Å². The predicted octanol–water partition coefficient (Wildman–Crippen LogP) is 5.33. The van der Waals surface area contributed by atoms with E-state index >= 15 is 0 Å². The molecule has 0 atom stereocenters. The molecule has 0 bridgehead atoms. The van der Waals surface area contributed by atoms with E-state index in [-0.39, 0.29) is 11.6 Å². The van der Waals surface area contributed by atoms with Gasteiger partial charge in [0.1, 0.15) is 17.4 Å². The number of aromatic hydroxyl groups is 1. The number of para-hydroxylation sites is 1. The van der Waals surface area contributed by atoms with Crippen molar-refractivity contribution in [3.8, 4) is 17.1 Å². The van der Waals surface area contributed by atoms with Crippen LogP contribution in [0.25, 0.3) is 33.2 Å². The molecule has 5 aromatic rings. The van der Waals surface area contributed by atoms with Crippen molar-refractivity contribution in [3.05, 3.63) is 90.4 Å². The SMILES string of the molecule is CN(Cc1cccc2ncccc12)c1nc(-c2ccccc2O)nc2ccc(F)cc12. The number of rotatable bonds is 4. The molecule has 1 N–H and O–H groups in total. The molecular weight excluding hydrogens is 391 g/mol. The van der Waals surface area contributed by atoms with Crippen LogP contribution in [0, 0.1) is 5.82 Å². The minimum Gasteiger partial charge on any atom is -0.507 e. The number of nitrogens with zero attached hydrogens (tertiary/aromatic N) is 4. The second-order valence-corrected chi connectivity index (χ2v) is 7.39. The number of hydrogen-bond donors (Lipinski definition) is 1. The molecule has 31 heavy (non-hydrogen) atoms. The highest BCUT2D eigenvalue weighted by Crippen LogP contribution is 2.32. The summed E-state index contributed by atoms with van der Waals surface area (Å²) in [7, 11) is 1.91. The van der Waals surface area contributed by atoms with Gasteiger partial charge in [0.2, 0.25) is 0 Å². The van der Waals surface area contributed by atoms with Gasteiger partial charge in [0.25, 0.3) is 0 Å². The summed E-state index contributed by atoms with van der Waals surface area (Å²) in [4.78, 5) is 15.7. The van der Waals surface area contributed by atoms with Gasteiger partial charge < -0.3 is 10.0 Å². The minimum absolute atomic E-state index is 0.0951. The van der Waals surface area contributed by atoms with Crippen LogP contribution >= 0.6 is 0 Å². The highest BCUT2D eigenvalue weighted by atomic mass is 19.1. The largest absolute Gasteiger partial charge is 0.507 e. The number of benzene rings is 3. The van der Waals surface area contributed by atoms with Crippen molar-refractivity contribution in [1.82, 2.24) is 15.0 Å². The van der Waals surface area contributed by atoms with Crippen molar-refractivity contribution >= 4 is 27.6 Å². The second kappa shape index (κ2) is 7.65. The van der Waals surface area contributed by atoms with E-state index in [1.165, 1.54) is 12.1 Å². The van der Waals surface area contributed by atoms with Crippen LogP contribution in [0.3, 0.4) is 0 Å². The van der Waals surface area contributed by atoms with E-state index in [4.69, 9.17) is 4.98 Å². The summed E-state index contributed by atoms with van der Waals surface area (Å²) in [5.41, 5.74) is 3.14. The molecule has 0 saturated heterocycles. The average molecular weight is 410 g/mol. The zero-order chi connectivity index (χ0) is 21.4. The van der Waals surface area contributed by atoms with E-state index < -0.39 is 0 Å². The third-order valence-corrected chi connectivity index (χ3v) is 5.29. The first-order valence-corrected chi connectivity index (χ1v) is 9.89. The smallest absolute Gasteiger partial charge is 0.165 e. The Hall–Kier alpha value is -4.06. The normalized spacial score (nSPS) is 11.2. The monoisotopic (exact) mass is 410 g/mol. The molecule has 0 unspecified atom stereocenters. The maximum absolute atomic E-state index is 14.1. The molecule has 6 heteroatoms. The summed E-state index contributed by atoms with van der Waals surface area (Å²) in [5.74, 6) is 0.718. The van der Waals surface area contributed by atoms with Crippen LogP contribution < -0.4 is 4.90 Å². The summed E-state index contributed by atoms with van der Waals surface area (Å²) in [6.45, 7) is 0.547. The minimum atomic E-state index is -0.351. The number of hydrogen-bond acceptors (Lipinski definition) is 5. The fraction of sp³-hybridized carbons (Fsp3) is 0.0800. The Morgan fingerprint density at radius 3 is 2.61 bits per heavy atom. The lowest BCUT2D eigenvalue weighted by Gasteiger charge is -2.22. The highest BCUT2D eigenvalue weighted by Gasteiger charge is 2.16. The van der Waals surface area contributed by atoms with Crippen molar-refractivity contribution in [2.75, 3.05) is 11.9 Å². The number of anilines is 1. The van der Waals surface area contributed by atoms with Gasteiger partial charge in [-0.1, -0.05) is 30.3 Å². The van der Waals surface area contributed by atoms with Gasteiger partial charge in [0.15, 0.2) is 5.82 Å². The van der Waals surface area contributed by atoms with Gasteiger partial charge in [-0.25, -0.2) is 14.4 Å². The van der Waals surface area contributed by atoms with E-state index in [0.717, 1.165) is 16.5 Å². The standard InChI is InChI=1S/C25H19FN4O/c1-30(15-16-6-4-9-21-18(16)8-5-13-27-21)25-20-14-17(26)11-12-22(20)28-24(29-25)19-7-2-3-10-23(19)31/h2-14,31H,15H2,1H3. The van der Waals surface area contributed by atoms with Gasteiger partial charge in [-0.05, 0) is 48.0 Å². The molecule has 2 aromatic heterocycles. The maximum atomic E-state index is 14.1. The molecule has 0 amide bonds. The Morgan fingerprint density at radius 2 is 1.74 bits per heavy atom. The van der Waals surface area contributed by atoms with Crippen LogP contribution in [0.2, 0.25) is 0 Å². The summed E-state index contributed by atoms with van der Waals surface area (Å²) < 4.78 is 14.1. The maximum Gasteiger partial charge on any atom is 0.165 e. The predicted molar refractivity (Wildman–Crippen MR) is 120 cm³/mol. The number of pyridine rings is 1. The van der Waals surface area contributed by atoms with E-state index in [9.17, 15) is 9.50 Å². The van der Waals surface area contributed by atoms with E-state index in [0.29, 0.717) is 34.7 Å². The summed E-state index contributed by atoms with van der Waals surface area (Å²) in [6.07, 6.45) is 1.77. The van der Waals surface area contributed by atoms with Gasteiger partial charge in [0, 0.05) is 30.6 Å². The molecule has 0 spiro atoms. The molecule has 2 heterocycles. The van der Waals surface area contributed by atoms with Crippen LogP contribution in [-0.4, -0.2) is 27.1 Å². The zero-order valence-corrected chi connectivity index (χ0v) is 16.8. The summed E-state index contributed by atoms with van der Waals surface area (Å²) in [6, 6.07) is 21.3. The molecule has 0 aliphatic rings. The first-order valence-electron chi connectivity index (χ1n) is 9.89. The lowest BCUT2D eigenvalue weighted by molar-refractivity contribution is 0.477. The Balaban J connectivity index is 1.65. The molecular formula is C25H19FN4O. The van der Waals surface area contributed by atoms with E-state index in [1.807, 2.05) is 42.3 Å². The Labute approximate surface area is 178 Å². The lowest BCUT2D eigenvalue weighted by atomic mass is 10.1. The van der Waals surface area contributed by atoms with Crippen LogP contribution in [0.5, 0.6) is 5.75 Å². The van der Waals surface area contributed by atoms with Crippen molar-refractivity contribution in [3.63, 3.8) is 0 Å². The molecule has 0 saturated carbocycles. The van der Waals surface area contributed by atoms with Crippen molar-refractivity contribution < 1.29 is 9.50 Å². The van der Waals surface area contributed by atoms with Crippen molar-refractivity contribution in [1.29, 1.82) is 0 Å². The number of fused-ring (bicyclic) bond motifs is 2. The first-order chi connectivity index (χ1) is 15.1. The van der Waals surface area contributed by atoms with Gasteiger partial charge in [-0.15, -0.1) is 0 Å². The Bertz CT molecular complexity index is 1410. The summed E-state index contributed by atoms with van der Waals surface area (Å²) >= 11 is 0. The number of aromatic nitrogens is 3. The fourth-order valence-electron chi connectivity index (χ4n) is 3.79. The van der Waals surface area contributed by atoms with Gasteiger partial charge in [0.05, 0.1) is 16.6 Å². The zero-order valence-electron chi connectivity index (χ0n) is 16.8. The van der Waals surface area contributed by atoms with Gasteiger partial charge in [-0.3, -0.25) is 4.98 Å². The third-order valence-electron chi connectivity index (χ3n) is 5.29. The van der Waals surface area contributed by atoms with Crippen LogP contribution in [0.1, 0.15) is 5.56 Å². The quantitative estimate of drug-likeness (QED) is 0.434.